The number of carboxylic acid groups (broad SMARTS) is 1. The summed E-state index contributed by atoms with van der Waals surface area (Å²) in [6, 6.07) is 17.5. The van der Waals surface area contributed by atoms with E-state index in [2.05, 4.69) is 0 Å². The van der Waals surface area contributed by atoms with Crippen LogP contribution in [0.2, 0.25) is 0 Å². The van der Waals surface area contributed by atoms with Crippen molar-refractivity contribution in [1.29, 1.82) is 0 Å². The molecule has 3 aromatic rings. The lowest BCUT2D eigenvalue weighted by atomic mass is 9.91. The molecule has 0 aliphatic carbocycles. The van der Waals surface area contributed by atoms with E-state index in [4.69, 9.17) is 4.98 Å². The molecular formula is C19H16NO2S-. The SMILES string of the molecule is CCC(C(=O)[O-])c1ccccc1-c1csc(-c2ccccc2)n1. The quantitative estimate of drug-likeness (QED) is 0.719. The first kappa shape index (κ1) is 15.4. The number of aromatic nitrogens is 1. The highest BCUT2D eigenvalue weighted by atomic mass is 32.1. The third kappa shape index (κ3) is 3.17. The van der Waals surface area contributed by atoms with Crippen molar-refractivity contribution in [2.45, 2.75) is 19.3 Å². The molecule has 0 fully saturated rings. The Balaban J connectivity index is 2.03. The molecule has 2 aromatic carbocycles. The van der Waals surface area contributed by atoms with Crippen LogP contribution in [0.5, 0.6) is 0 Å². The van der Waals surface area contributed by atoms with Crippen molar-refractivity contribution >= 4 is 17.3 Å². The van der Waals surface area contributed by atoms with E-state index in [1.54, 1.807) is 11.3 Å². The normalized spacial score (nSPS) is 12.0. The van der Waals surface area contributed by atoms with E-state index in [0.717, 1.165) is 27.4 Å². The molecule has 4 heteroatoms. The molecule has 0 N–H and O–H groups in total. The molecule has 1 aromatic heterocycles. The van der Waals surface area contributed by atoms with Gasteiger partial charge in [-0.1, -0.05) is 61.5 Å². The van der Waals surface area contributed by atoms with E-state index in [1.807, 2.05) is 66.9 Å². The summed E-state index contributed by atoms with van der Waals surface area (Å²) < 4.78 is 0. The number of hydrogen-bond donors (Lipinski definition) is 0. The smallest absolute Gasteiger partial charge is 0.124 e. The molecule has 1 heterocycles. The van der Waals surface area contributed by atoms with E-state index in [9.17, 15) is 9.90 Å². The number of nitrogens with zero attached hydrogens (tertiary/aromatic N) is 1. The van der Waals surface area contributed by atoms with Crippen molar-refractivity contribution in [2.75, 3.05) is 0 Å². The fourth-order valence-corrected chi connectivity index (χ4v) is 3.48. The van der Waals surface area contributed by atoms with Gasteiger partial charge in [-0.3, -0.25) is 0 Å². The Bertz CT molecular complexity index is 811. The lowest BCUT2D eigenvalue weighted by Crippen LogP contribution is -2.29. The van der Waals surface area contributed by atoms with E-state index >= 15 is 0 Å². The Morgan fingerprint density at radius 2 is 1.83 bits per heavy atom. The summed E-state index contributed by atoms with van der Waals surface area (Å²) in [6.45, 7) is 1.85. The summed E-state index contributed by atoms with van der Waals surface area (Å²) in [6.07, 6.45) is 0.495. The van der Waals surface area contributed by atoms with Crippen LogP contribution in [-0.4, -0.2) is 11.0 Å². The number of thiazole rings is 1. The molecule has 1 atom stereocenters. The Morgan fingerprint density at radius 1 is 1.13 bits per heavy atom. The zero-order valence-electron chi connectivity index (χ0n) is 12.7. The first-order chi connectivity index (χ1) is 11.2. The van der Waals surface area contributed by atoms with Crippen LogP contribution in [0.3, 0.4) is 0 Å². The Kier molecular flexibility index (Phi) is 4.53. The molecule has 23 heavy (non-hydrogen) atoms. The van der Waals surface area contributed by atoms with Gasteiger partial charge in [0.2, 0.25) is 0 Å². The molecule has 1 unspecified atom stereocenters. The van der Waals surface area contributed by atoms with Crippen LogP contribution in [0.25, 0.3) is 21.8 Å². The van der Waals surface area contributed by atoms with Gasteiger partial charge in [0.1, 0.15) is 5.01 Å². The standard InChI is InChI=1S/C19H17NO2S/c1-2-14(19(21)22)15-10-6-7-11-16(15)17-12-23-18(20-17)13-8-4-3-5-9-13/h3-12,14H,2H2,1H3,(H,21,22)/p-1. The number of carbonyl (C=O) groups is 1. The largest absolute Gasteiger partial charge is 0.549 e. The van der Waals surface area contributed by atoms with Crippen molar-refractivity contribution in [3.8, 4) is 21.8 Å². The highest BCUT2D eigenvalue weighted by Gasteiger charge is 2.17. The molecule has 0 saturated carbocycles. The van der Waals surface area contributed by atoms with Gasteiger partial charge < -0.3 is 9.90 Å². The molecular weight excluding hydrogens is 306 g/mol. The number of aliphatic carboxylic acids is 1. The van der Waals surface area contributed by atoms with Gasteiger partial charge in [-0.15, -0.1) is 11.3 Å². The number of carbonyl (C=O) groups excluding carboxylic acids is 1. The average Bonchev–Trinajstić information content (AvgIpc) is 3.06. The lowest BCUT2D eigenvalue weighted by Gasteiger charge is -2.19. The minimum Gasteiger partial charge on any atom is -0.549 e. The topological polar surface area (TPSA) is 53.0 Å². The molecule has 0 spiro atoms. The molecule has 0 aliphatic heterocycles. The molecule has 0 aliphatic rings. The van der Waals surface area contributed by atoms with E-state index < -0.39 is 11.9 Å². The number of carboxylic acids is 1. The van der Waals surface area contributed by atoms with Crippen molar-refractivity contribution in [3.63, 3.8) is 0 Å². The van der Waals surface area contributed by atoms with Gasteiger partial charge in [-0.25, -0.2) is 4.98 Å². The van der Waals surface area contributed by atoms with Crippen LogP contribution in [0, 0.1) is 0 Å². The third-order valence-electron chi connectivity index (χ3n) is 3.83. The fraction of sp³-hybridized carbons (Fsp3) is 0.158. The minimum absolute atomic E-state index is 0.495. The Morgan fingerprint density at radius 3 is 2.52 bits per heavy atom. The second kappa shape index (κ2) is 6.75. The van der Waals surface area contributed by atoms with Gasteiger partial charge in [-0.2, -0.15) is 0 Å². The van der Waals surface area contributed by atoms with Gasteiger partial charge in [0.05, 0.1) is 5.69 Å². The minimum atomic E-state index is -1.04. The van der Waals surface area contributed by atoms with E-state index in [0.29, 0.717) is 6.42 Å². The summed E-state index contributed by atoms with van der Waals surface area (Å²) in [5, 5.41) is 14.3. The number of rotatable bonds is 5. The molecule has 3 rings (SSSR count). The van der Waals surface area contributed by atoms with Crippen LogP contribution < -0.4 is 5.11 Å². The predicted molar refractivity (Wildman–Crippen MR) is 91.0 cm³/mol. The summed E-state index contributed by atoms with van der Waals surface area (Å²) in [7, 11) is 0. The van der Waals surface area contributed by atoms with Gasteiger partial charge in [0, 0.05) is 28.4 Å². The van der Waals surface area contributed by atoms with Crippen LogP contribution in [0.4, 0.5) is 0 Å². The van der Waals surface area contributed by atoms with E-state index in [-0.39, 0.29) is 0 Å². The van der Waals surface area contributed by atoms with Crippen molar-refractivity contribution in [2.24, 2.45) is 0 Å². The summed E-state index contributed by atoms with van der Waals surface area (Å²) in [5.41, 5.74) is 3.50. The predicted octanol–water partition coefficient (Wildman–Crippen LogP) is 3.72. The second-order valence-corrected chi connectivity index (χ2v) is 6.13. The van der Waals surface area contributed by atoms with Gasteiger partial charge in [0.25, 0.3) is 0 Å². The third-order valence-corrected chi connectivity index (χ3v) is 4.72. The number of hydrogen-bond acceptors (Lipinski definition) is 4. The summed E-state index contributed by atoms with van der Waals surface area (Å²) in [4.78, 5) is 16.1. The molecule has 3 nitrogen and oxygen atoms in total. The van der Waals surface area contributed by atoms with Crippen LogP contribution in [0.1, 0.15) is 24.8 Å². The van der Waals surface area contributed by atoms with Crippen LogP contribution in [-0.2, 0) is 4.79 Å². The summed E-state index contributed by atoms with van der Waals surface area (Å²) in [5.74, 6) is -1.66. The van der Waals surface area contributed by atoms with Crippen LogP contribution in [0.15, 0.2) is 60.0 Å². The maximum Gasteiger partial charge on any atom is 0.124 e. The zero-order chi connectivity index (χ0) is 16.2. The monoisotopic (exact) mass is 322 g/mol. The highest BCUT2D eigenvalue weighted by molar-refractivity contribution is 7.13. The zero-order valence-corrected chi connectivity index (χ0v) is 13.5. The maximum absolute atomic E-state index is 11.4. The molecule has 0 amide bonds. The van der Waals surface area contributed by atoms with Crippen molar-refractivity contribution < 1.29 is 9.90 Å². The van der Waals surface area contributed by atoms with Crippen molar-refractivity contribution in [1.82, 2.24) is 4.98 Å². The van der Waals surface area contributed by atoms with E-state index in [1.165, 1.54) is 0 Å². The maximum atomic E-state index is 11.4. The molecule has 116 valence electrons. The number of benzene rings is 2. The molecule has 0 radical (unpaired) electrons. The molecule has 0 bridgehead atoms. The fourth-order valence-electron chi connectivity index (χ4n) is 2.66. The van der Waals surface area contributed by atoms with Gasteiger partial charge in [-0.05, 0) is 12.0 Å². The first-order valence-corrected chi connectivity index (χ1v) is 8.39. The molecule has 0 saturated heterocycles. The second-order valence-electron chi connectivity index (χ2n) is 5.27. The average molecular weight is 322 g/mol. The van der Waals surface area contributed by atoms with Crippen LogP contribution >= 0.6 is 11.3 Å². The highest BCUT2D eigenvalue weighted by Crippen LogP contribution is 2.34. The Labute approximate surface area is 139 Å². The first-order valence-electron chi connectivity index (χ1n) is 7.51. The van der Waals surface area contributed by atoms with Crippen molar-refractivity contribution in [3.05, 3.63) is 65.5 Å². The van der Waals surface area contributed by atoms with Gasteiger partial charge in [0.15, 0.2) is 0 Å². The lowest BCUT2D eigenvalue weighted by molar-refractivity contribution is -0.308. The van der Waals surface area contributed by atoms with Gasteiger partial charge >= 0.3 is 0 Å². The summed E-state index contributed by atoms with van der Waals surface area (Å²) >= 11 is 1.56. The Hall–Kier alpha value is -2.46.